The van der Waals surface area contributed by atoms with E-state index in [1.165, 1.54) is 30.3 Å². The number of ether oxygens (including phenoxy) is 1. The molecule has 142 valence electrons. The van der Waals surface area contributed by atoms with Gasteiger partial charge in [0.05, 0.1) is 17.0 Å². The zero-order valence-electron chi connectivity index (χ0n) is 14.3. The molecule has 0 aliphatic rings. The second-order valence-electron chi connectivity index (χ2n) is 4.97. The van der Waals surface area contributed by atoms with Crippen LogP contribution in [0.2, 0.25) is 0 Å². The van der Waals surface area contributed by atoms with E-state index in [0.717, 1.165) is 0 Å². The summed E-state index contributed by atoms with van der Waals surface area (Å²) in [7, 11) is -3.69. The molecular weight excluding hydrogens is 362 g/mol. The zero-order chi connectivity index (χ0) is 19.6. The molecule has 1 rings (SSSR count). The van der Waals surface area contributed by atoms with E-state index >= 15 is 0 Å². The third kappa shape index (κ3) is 7.03. The van der Waals surface area contributed by atoms with Crippen molar-refractivity contribution in [1.82, 2.24) is 15.4 Å². The predicted molar refractivity (Wildman–Crippen MR) is 93.8 cm³/mol. The molecule has 9 nitrogen and oxygen atoms in total. The van der Waals surface area contributed by atoms with Gasteiger partial charge in [0.15, 0.2) is 6.61 Å². The van der Waals surface area contributed by atoms with Crippen LogP contribution in [0.5, 0.6) is 0 Å². The van der Waals surface area contributed by atoms with Gasteiger partial charge in [-0.1, -0.05) is 6.08 Å². The number of benzene rings is 1. The summed E-state index contributed by atoms with van der Waals surface area (Å²) in [5.74, 6) is -1.77. The number of carbonyl (C=O) groups is 3. The molecule has 0 fully saturated rings. The Bertz CT molecular complexity index is 759. The summed E-state index contributed by atoms with van der Waals surface area (Å²) in [6, 6.07) is 5.04. The van der Waals surface area contributed by atoms with E-state index in [4.69, 9.17) is 4.74 Å². The largest absolute Gasteiger partial charge is 0.452 e. The van der Waals surface area contributed by atoms with Gasteiger partial charge in [0, 0.05) is 13.1 Å². The highest BCUT2D eigenvalue weighted by molar-refractivity contribution is 7.89. The Hall–Kier alpha value is -2.72. The number of nitrogens with one attached hydrogen (secondary N) is 3. The van der Waals surface area contributed by atoms with Crippen molar-refractivity contribution in [2.24, 2.45) is 0 Å². The van der Waals surface area contributed by atoms with Crippen molar-refractivity contribution in [1.29, 1.82) is 0 Å². The lowest BCUT2D eigenvalue weighted by atomic mass is 10.2. The Morgan fingerprint density at radius 3 is 2.35 bits per heavy atom. The van der Waals surface area contributed by atoms with Crippen molar-refractivity contribution in [3.8, 4) is 0 Å². The summed E-state index contributed by atoms with van der Waals surface area (Å²) < 4.78 is 30.9. The maximum absolute atomic E-state index is 11.9. The molecule has 0 aliphatic heterocycles. The Labute approximate surface area is 151 Å². The quantitative estimate of drug-likeness (QED) is 0.371. The topological polar surface area (TPSA) is 131 Å². The SMILES string of the molecule is C=CCNS(=O)(=O)c1ccc(C(=O)OCC(=O)NCC(=O)NCC)cc1. The van der Waals surface area contributed by atoms with Gasteiger partial charge in [-0.15, -0.1) is 6.58 Å². The summed E-state index contributed by atoms with van der Waals surface area (Å²) in [5, 5.41) is 4.80. The van der Waals surface area contributed by atoms with E-state index in [0.29, 0.717) is 6.54 Å². The van der Waals surface area contributed by atoms with Gasteiger partial charge in [-0.2, -0.15) is 0 Å². The Balaban J connectivity index is 2.54. The van der Waals surface area contributed by atoms with E-state index in [9.17, 15) is 22.8 Å². The van der Waals surface area contributed by atoms with E-state index in [2.05, 4.69) is 21.9 Å². The van der Waals surface area contributed by atoms with Crippen LogP contribution in [0, 0.1) is 0 Å². The van der Waals surface area contributed by atoms with E-state index in [-0.39, 0.29) is 29.5 Å². The maximum atomic E-state index is 11.9. The number of rotatable bonds is 10. The Morgan fingerprint density at radius 1 is 1.12 bits per heavy atom. The molecule has 1 aromatic carbocycles. The van der Waals surface area contributed by atoms with Gasteiger partial charge in [-0.05, 0) is 31.2 Å². The molecule has 0 bridgehead atoms. The van der Waals surface area contributed by atoms with Gasteiger partial charge in [-0.3, -0.25) is 9.59 Å². The standard InChI is InChI=1S/C16H21N3O6S/c1-3-9-19-26(23,24)13-7-5-12(6-8-13)16(22)25-11-15(21)18-10-14(20)17-4-2/h3,5-8,19H,1,4,9-11H2,2H3,(H,17,20)(H,18,21). The minimum atomic E-state index is -3.69. The van der Waals surface area contributed by atoms with Crippen molar-refractivity contribution in [2.75, 3.05) is 26.2 Å². The lowest BCUT2D eigenvalue weighted by molar-refractivity contribution is -0.127. The molecule has 0 unspecified atom stereocenters. The molecule has 0 saturated heterocycles. The summed E-state index contributed by atoms with van der Waals surface area (Å²) in [6.07, 6.45) is 1.40. The fraction of sp³-hybridized carbons (Fsp3) is 0.312. The van der Waals surface area contributed by atoms with Crippen molar-refractivity contribution in [2.45, 2.75) is 11.8 Å². The second-order valence-corrected chi connectivity index (χ2v) is 6.74. The van der Waals surface area contributed by atoms with E-state index in [1.807, 2.05) is 0 Å². The molecule has 0 saturated carbocycles. The van der Waals surface area contributed by atoms with Crippen LogP contribution in [0.15, 0.2) is 41.8 Å². The molecule has 3 N–H and O–H groups in total. The van der Waals surface area contributed by atoms with Gasteiger partial charge in [-0.25, -0.2) is 17.9 Å². The number of carbonyl (C=O) groups excluding carboxylic acids is 3. The van der Waals surface area contributed by atoms with Crippen LogP contribution in [-0.2, 0) is 24.3 Å². The first-order chi connectivity index (χ1) is 12.3. The summed E-state index contributed by atoms with van der Waals surface area (Å²) >= 11 is 0. The second kappa shape index (κ2) is 10.3. The molecule has 0 radical (unpaired) electrons. The number of hydrogen-bond acceptors (Lipinski definition) is 6. The first kappa shape index (κ1) is 21.3. The molecule has 26 heavy (non-hydrogen) atoms. The molecule has 0 spiro atoms. The van der Waals surface area contributed by atoms with Crippen LogP contribution in [0.25, 0.3) is 0 Å². The van der Waals surface area contributed by atoms with Crippen LogP contribution in [0.3, 0.4) is 0 Å². The van der Waals surface area contributed by atoms with Crippen molar-refractivity contribution in [3.63, 3.8) is 0 Å². The first-order valence-corrected chi connectivity index (χ1v) is 9.19. The molecule has 0 aromatic heterocycles. The lowest BCUT2D eigenvalue weighted by Gasteiger charge is -2.08. The third-order valence-electron chi connectivity index (χ3n) is 2.97. The number of likely N-dealkylation sites (N-methyl/N-ethyl adjacent to an activating group) is 1. The van der Waals surface area contributed by atoms with Gasteiger partial charge in [0.2, 0.25) is 15.9 Å². The third-order valence-corrected chi connectivity index (χ3v) is 4.41. The fourth-order valence-electron chi connectivity index (χ4n) is 1.73. The molecule has 10 heteroatoms. The average Bonchev–Trinajstić information content (AvgIpc) is 2.63. The molecule has 0 atom stereocenters. The predicted octanol–water partition coefficient (Wildman–Crippen LogP) is -0.440. The normalized spacial score (nSPS) is 10.7. The van der Waals surface area contributed by atoms with E-state index < -0.39 is 28.5 Å². The molecule has 0 heterocycles. The monoisotopic (exact) mass is 383 g/mol. The average molecular weight is 383 g/mol. The van der Waals surface area contributed by atoms with Crippen molar-refractivity contribution >= 4 is 27.8 Å². The number of esters is 1. The van der Waals surface area contributed by atoms with Crippen LogP contribution >= 0.6 is 0 Å². The molecular formula is C16H21N3O6S. The van der Waals surface area contributed by atoms with Crippen LogP contribution < -0.4 is 15.4 Å². The highest BCUT2D eigenvalue weighted by Crippen LogP contribution is 2.11. The minimum absolute atomic E-state index is 0.0180. The van der Waals surface area contributed by atoms with Gasteiger partial charge in [0.1, 0.15) is 0 Å². The highest BCUT2D eigenvalue weighted by Gasteiger charge is 2.15. The minimum Gasteiger partial charge on any atom is -0.452 e. The Kier molecular flexibility index (Phi) is 8.46. The summed E-state index contributed by atoms with van der Waals surface area (Å²) in [4.78, 5) is 34.5. The summed E-state index contributed by atoms with van der Waals surface area (Å²) in [6.45, 7) is 4.92. The highest BCUT2D eigenvalue weighted by atomic mass is 32.2. The van der Waals surface area contributed by atoms with Gasteiger partial charge >= 0.3 is 5.97 Å². The lowest BCUT2D eigenvalue weighted by Crippen LogP contribution is -2.38. The molecule has 0 aliphatic carbocycles. The summed E-state index contributed by atoms with van der Waals surface area (Å²) in [5.41, 5.74) is 0.0872. The van der Waals surface area contributed by atoms with Crippen LogP contribution in [-0.4, -0.2) is 52.4 Å². The first-order valence-electron chi connectivity index (χ1n) is 7.71. The fourth-order valence-corrected chi connectivity index (χ4v) is 2.72. The zero-order valence-corrected chi connectivity index (χ0v) is 15.1. The van der Waals surface area contributed by atoms with Crippen molar-refractivity contribution in [3.05, 3.63) is 42.5 Å². The van der Waals surface area contributed by atoms with Gasteiger partial charge < -0.3 is 15.4 Å². The number of sulfonamides is 1. The van der Waals surface area contributed by atoms with Crippen LogP contribution in [0.1, 0.15) is 17.3 Å². The maximum Gasteiger partial charge on any atom is 0.338 e. The Morgan fingerprint density at radius 2 is 1.77 bits per heavy atom. The molecule has 1 aromatic rings. The van der Waals surface area contributed by atoms with Crippen molar-refractivity contribution < 1.29 is 27.5 Å². The smallest absolute Gasteiger partial charge is 0.338 e. The molecule has 2 amide bonds. The number of amides is 2. The van der Waals surface area contributed by atoms with E-state index in [1.54, 1.807) is 6.92 Å². The van der Waals surface area contributed by atoms with Crippen LogP contribution in [0.4, 0.5) is 0 Å². The number of hydrogen-bond donors (Lipinski definition) is 3. The van der Waals surface area contributed by atoms with Gasteiger partial charge in [0.25, 0.3) is 5.91 Å².